The number of aromatic nitrogens is 2. The minimum atomic E-state index is 0.272. The maximum absolute atomic E-state index is 12.0. The van der Waals surface area contributed by atoms with Gasteiger partial charge < -0.3 is 14.8 Å². The third kappa shape index (κ3) is 4.06. The highest BCUT2D eigenvalue weighted by molar-refractivity contribution is 5.76. The van der Waals surface area contributed by atoms with Gasteiger partial charge in [-0.15, -0.1) is 0 Å². The van der Waals surface area contributed by atoms with Crippen LogP contribution in [-0.4, -0.2) is 39.5 Å². The molecule has 0 aliphatic carbocycles. The number of aryl methyl sites for hydroxylation is 1. The van der Waals surface area contributed by atoms with E-state index in [1.807, 2.05) is 17.4 Å². The van der Waals surface area contributed by atoms with Crippen LogP contribution in [0.5, 0.6) is 0 Å². The molecule has 2 rings (SSSR count). The van der Waals surface area contributed by atoms with Crippen molar-refractivity contribution in [1.29, 1.82) is 0 Å². The Hall–Kier alpha value is -1.36. The molecule has 0 radical (unpaired) electrons. The molecule has 19 heavy (non-hydrogen) atoms. The van der Waals surface area contributed by atoms with Gasteiger partial charge in [-0.25, -0.2) is 4.98 Å². The molecule has 1 aliphatic rings. The Labute approximate surface area is 115 Å². The van der Waals surface area contributed by atoms with E-state index in [9.17, 15) is 4.79 Å². The first-order valence-corrected chi connectivity index (χ1v) is 7.17. The molecule has 1 fully saturated rings. The molecule has 1 saturated heterocycles. The molecule has 1 aliphatic heterocycles. The van der Waals surface area contributed by atoms with E-state index in [0.717, 1.165) is 44.7 Å². The van der Waals surface area contributed by atoms with E-state index in [0.29, 0.717) is 12.5 Å². The average molecular weight is 264 g/mol. The predicted octanol–water partition coefficient (Wildman–Crippen LogP) is 1.39. The van der Waals surface area contributed by atoms with Crippen LogP contribution < -0.4 is 5.32 Å². The number of hydrogen-bond acceptors (Lipinski definition) is 3. The van der Waals surface area contributed by atoms with Crippen molar-refractivity contribution in [1.82, 2.24) is 19.8 Å². The SMILES string of the molecule is CC(C)NCc1cncn1CCC(=O)N1CCCC1. The van der Waals surface area contributed by atoms with E-state index in [2.05, 4.69) is 28.7 Å². The predicted molar refractivity (Wildman–Crippen MR) is 74.6 cm³/mol. The molecule has 1 amide bonds. The van der Waals surface area contributed by atoms with Crippen LogP contribution in [0, 0.1) is 0 Å². The second-order valence-electron chi connectivity index (χ2n) is 5.45. The molecular weight excluding hydrogens is 240 g/mol. The van der Waals surface area contributed by atoms with E-state index in [1.165, 1.54) is 0 Å². The van der Waals surface area contributed by atoms with Gasteiger partial charge in [0.05, 0.1) is 12.0 Å². The largest absolute Gasteiger partial charge is 0.343 e. The van der Waals surface area contributed by atoms with E-state index in [-0.39, 0.29) is 5.91 Å². The van der Waals surface area contributed by atoms with Crippen molar-refractivity contribution in [3.05, 3.63) is 18.2 Å². The maximum Gasteiger partial charge on any atom is 0.224 e. The molecule has 1 aromatic rings. The van der Waals surface area contributed by atoms with E-state index in [4.69, 9.17) is 0 Å². The number of carbonyl (C=O) groups is 1. The molecule has 1 N–H and O–H groups in total. The smallest absolute Gasteiger partial charge is 0.224 e. The van der Waals surface area contributed by atoms with Crippen molar-refractivity contribution in [2.45, 2.75) is 52.2 Å². The third-order valence-corrected chi connectivity index (χ3v) is 3.52. The summed E-state index contributed by atoms with van der Waals surface area (Å²) >= 11 is 0. The number of hydrogen-bond donors (Lipinski definition) is 1. The number of rotatable bonds is 6. The zero-order chi connectivity index (χ0) is 13.7. The fourth-order valence-corrected chi connectivity index (χ4v) is 2.35. The van der Waals surface area contributed by atoms with Gasteiger partial charge in [0, 0.05) is 44.8 Å². The first-order valence-electron chi connectivity index (χ1n) is 7.17. The Morgan fingerprint density at radius 3 is 2.84 bits per heavy atom. The zero-order valence-electron chi connectivity index (χ0n) is 11.9. The fourth-order valence-electron chi connectivity index (χ4n) is 2.35. The van der Waals surface area contributed by atoms with Gasteiger partial charge in [-0.2, -0.15) is 0 Å². The Kier molecular flexibility index (Phi) is 4.96. The second-order valence-corrected chi connectivity index (χ2v) is 5.45. The van der Waals surface area contributed by atoms with Crippen molar-refractivity contribution in [3.63, 3.8) is 0 Å². The topological polar surface area (TPSA) is 50.2 Å². The van der Waals surface area contributed by atoms with Crippen molar-refractivity contribution in [3.8, 4) is 0 Å². The quantitative estimate of drug-likeness (QED) is 0.845. The second kappa shape index (κ2) is 6.70. The van der Waals surface area contributed by atoms with Gasteiger partial charge in [-0.3, -0.25) is 4.79 Å². The monoisotopic (exact) mass is 264 g/mol. The lowest BCUT2D eigenvalue weighted by Gasteiger charge is -2.16. The normalized spacial score (nSPS) is 15.4. The van der Waals surface area contributed by atoms with Gasteiger partial charge in [0.1, 0.15) is 0 Å². The molecule has 0 bridgehead atoms. The zero-order valence-corrected chi connectivity index (χ0v) is 11.9. The standard InChI is InChI=1S/C14H24N4O/c1-12(2)16-10-13-9-15-11-18(13)8-5-14(19)17-6-3-4-7-17/h9,11-12,16H,3-8,10H2,1-2H3. The molecule has 0 aromatic carbocycles. The summed E-state index contributed by atoms with van der Waals surface area (Å²) in [5, 5.41) is 3.37. The number of amides is 1. The highest BCUT2D eigenvalue weighted by Gasteiger charge is 2.17. The molecule has 2 heterocycles. The van der Waals surface area contributed by atoms with E-state index in [1.54, 1.807) is 0 Å². The lowest BCUT2D eigenvalue weighted by atomic mass is 10.3. The number of carbonyl (C=O) groups excluding carboxylic acids is 1. The number of nitrogens with one attached hydrogen (secondary N) is 1. The maximum atomic E-state index is 12.0. The lowest BCUT2D eigenvalue weighted by Crippen LogP contribution is -2.29. The Morgan fingerprint density at radius 2 is 2.16 bits per heavy atom. The molecule has 5 nitrogen and oxygen atoms in total. The molecule has 0 atom stereocenters. The third-order valence-electron chi connectivity index (χ3n) is 3.52. The Bertz CT molecular complexity index is 407. The molecule has 1 aromatic heterocycles. The molecule has 0 spiro atoms. The Morgan fingerprint density at radius 1 is 1.42 bits per heavy atom. The van der Waals surface area contributed by atoms with Crippen molar-refractivity contribution >= 4 is 5.91 Å². The first kappa shape index (κ1) is 14.1. The Balaban J connectivity index is 1.82. The van der Waals surface area contributed by atoms with Crippen LogP contribution in [0.2, 0.25) is 0 Å². The summed E-state index contributed by atoms with van der Waals surface area (Å²) in [6, 6.07) is 0.453. The first-order chi connectivity index (χ1) is 9.16. The van der Waals surface area contributed by atoms with Gasteiger partial charge in [-0.05, 0) is 12.8 Å². The fraction of sp³-hybridized carbons (Fsp3) is 0.714. The van der Waals surface area contributed by atoms with Gasteiger partial charge in [0.25, 0.3) is 0 Å². The van der Waals surface area contributed by atoms with Gasteiger partial charge >= 0.3 is 0 Å². The van der Waals surface area contributed by atoms with Gasteiger partial charge in [-0.1, -0.05) is 13.8 Å². The summed E-state index contributed by atoms with van der Waals surface area (Å²) < 4.78 is 2.07. The van der Waals surface area contributed by atoms with Crippen LogP contribution in [0.1, 0.15) is 38.8 Å². The molecule has 106 valence electrons. The minimum Gasteiger partial charge on any atom is -0.343 e. The molecule has 0 saturated carbocycles. The van der Waals surface area contributed by atoms with Gasteiger partial charge in [0.15, 0.2) is 0 Å². The average Bonchev–Trinajstić information content (AvgIpc) is 3.04. The summed E-state index contributed by atoms with van der Waals surface area (Å²) in [7, 11) is 0. The van der Waals surface area contributed by atoms with Crippen LogP contribution in [0.25, 0.3) is 0 Å². The highest BCUT2D eigenvalue weighted by Crippen LogP contribution is 2.10. The van der Waals surface area contributed by atoms with Crippen LogP contribution in [-0.2, 0) is 17.9 Å². The molecular formula is C14H24N4O. The van der Waals surface area contributed by atoms with Crippen molar-refractivity contribution in [2.24, 2.45) is 0 Å². The van der Waals surface area contributed by atoms with Crippen LogP contribution >= 0.6 is 0 Å². The van der Waals surface area contributed by atoms with E-state index >= 15 is 0 Å². The molecule has 5 heteroatoms. The minimum absolute atomic E-state index is 0.272. The van der Waals surface area contributed by atoms with E-state index < -0.39 is 0 Å². The number of likely N-dealkylation sites (tertiary alicyclic amines) is 1. The number of nitrogens with zero attached hydrogens (tertiary/aromatic N) is 3. The summed E-state index contributed by atoms with van der Waals surface area (Å²) in [5.41, 5.74) is 1.14. The van der Waals surface area contributed by atoms with Crippen LogP contribution in [0.3, 0.4) is 0 Å². The van der Waals surface area contributed by atoms with Crippen LogP contribution in [0.4, 0.5) is 0 Å². The van der Waals surface area contributed by atoms with Crippen molar-refractivity contribution < 1.29 is 4.79 Å². The van der Waals surface area contributed by atoms with Gasteiger partial charge in [0.2, 0.25) is 5.91 Å². The summed E-state index contributed by atoms with van der Waals surface area (Å²) in [6.07, 6.45) is 6.57. The lowest BCUT2D eigenvalue weighted by molar-refractivity contribution is -0.130. The molecule has 0 unspecified atom stereocenters. The summed E-state index contributed by atoms with van der Waals surface area (Å²) in [6.45, 7) is 7.64. The summed E-state index contributed by atoms with van der Waals surface area (Å²) in [5.74, 6) is 0.272. The number of imidazole rings is 1. The van der Waals surface area contributed by atoms with Crippen molar-refractivity contribution in [2.75, 3.05) is 13.1 Å². The summed E-state index contributed by atoms with van der Waals surface area (Å²) in [4.78, 5) is 18.1. The van der Waals surface area contributed by atoms with Crippen LogP contribution in [0.15, 0.2) is 12.5 Å². The highest BCUT2D eigenvalue weighted by atomic mass is 16.2.